The molecule has 31 heavy (non-hydrogen) atoms. The molecule has 4 rings (SSSR count). The standard InChI is InChI=1S/C24H22BrFN2O3/c25-17-7-8-22(29)20(13-17)21-11-16(14-3-1-5-18(26)9-14)12-23(28-21)27-19-6-2-4-15(10-19)24(30)31/h1,3,5,7-9,11-13,15,19,29H,2,4,6,10H2,(H,27,28)(H,30,31). The Morgan fingerprint density at radius 1 is 1.10 bits per heavy atom. The maximum Gasteiger partial charge on any atom is 0.306 e. The number of carbonyl (C=O) groups is 1. The lowest BCUT2D eigenvalue weighted by atomic mass is 9.86. The monoisotopic (exact) mass is 484 g/mol. The molecular weight excluding hydrogens is 463 g/mol. The molecule has 7 heteroatoms. The Kier molecular flexibility index (Phi) is 6.23. The van der Waals surface area contributed by atoms with Crippen molar-refractivity contribution in [3.63, 3.8) is 0 Å². The normalized spacial score (nSPS) is 18.5. The molecular formula is C24H22BrFN2O3. The van der Waals surface area contributed by atoms with Crippen molar-refractivity contribution >= 4 is 27.7 Å². The van der Waals surface area contributed by atoms with Gasteiger partial charge in [-0.25, -0.2) is 9.37 Å². The van der Waals surface area contributed by atoms with Crippen LogP contribution < -0.4 is 5.32 Å². The molecule has 1 aromatic heterocycles. The van der Waals surface area contributed by atoms with Crippen LogP contribution in [-0.4, -0.2) is 27.2 Å². The number of hydrogen-bond acceptors (Lipinski definition) is 4. The lowest BCUT2D eigenvalue weighted by molar-refractivity contribution is -0.142. The predicted octanol–water partition coefficient (Wildman–Crippen LogP) is 6.08. The van der Waals surface area contributed by atoms with Gasteiger partial charge in [0.1, 0.15) is 17.4 Å². The number of nitrogens with zero attached hydrogens (tertiary/aromatic N) is 1. The number of carboxylic acids is 1. The zero-order valence-corrected chi connectivity index (χ0v) is 18.3. The Balaban J connectivity index is 1.74. The number of carboxylic acid groups (broad SMARTS) is 1. The minimum Gasteiger partial charge on any atom is -0.507 e. The van der Waals surface area contributed by atoms with Gasteiger partial charge in [-0.3, -0.25) is 4.79 Å². The van der Waals surface area contributed by atoms with Crippen LogP contribution in [0.2, 0.25) is 0 Å². The maximum absolute atomic E-state index is 13.9. The highest BCUT2D eigenvalue weighted by Crippen LogP contribution is 2.35. The Bertz CT molecular complexity index is 1120. The van der Waals surface area contributed by atoms with Crippen LogP contribution >= 0.6 is 15.9 Å². The number of anilines is 1. The lowest BCUT2D eigenvalue weighted by Crippen LogP contribution is -2.31. The van der Waals surface area contributed by atoms with Gasteiger partial charge in [0.15, 0.2) is 0 Å². The van der Waals surface area contributed by atoms with Crippen LogP contribution in [-0.2, 0) is 4.79 Å². The molecule has 160 valence electrons. The van der Waals surface area contributed by atoms with E-state index < -0.39 is 5.97 Å². The second-order valence-corrected chi connectivity index (χ2v) is 8.76. The molecule has 1 aliphatic rings. The Morgan fingerprint density at radius 2 is 1.94 bits per heavy atom. The van der Waals surface area contributed by atoms with E-state index in [4.69, 9.17) is 0 Å². The van der Waals surface area contributed by atoms with Crippen molar-refractivity contribution in [2.45, 2.75) is 31.7 Å². The highest BCUT2D eigenvalue weighted by molar-refractivity contribution is 9.10. The average molecular weight is 485 g/mol. The van der Waals surface area contributed by atoms with Crippen LogP contribution in [0, 0.1) is 11.7 Å². The van der Waals surface area contributed by atoms with Crippen molar-refractivity contribution in [1.29, 1.82) is 0 Å². The summed E-state index contributed by atoms with van der Waals surface area (Å²) in [5.74, 6) is -0.833. The number of phenolic OH excluding ortho intramolecular Hbond substituents is 1. The van der Waals surface area contributed by atoms with E-state index in [-0.39, 0.29) is 23.5 Å². The summed E-state index contributed by atoms with van der Waals surface area (Å²) in [4.78, 5) is 16.1. The van der Waals surface area contributed by atoms with E-state index in [0.717, 1.165) is 22.9 Å². The third kappa shape index (κ3) is 5.05. The highest BCUT2D eigenvalue weighted by Gasteiger charge is 2.27. The van der Waals surface area contributed by atoms with E-state index in [1.807, 2.05) is 18.2 Å². The van der Waals surface area contributed by atoms with E-state index in [1.54, 1.807) is 24.3 Å². The van der Waals surface area contributed by atoms with Crippen molar-refractivity contribution in [3.8, 4) is 28.1 Å². The predicted molar refractivity (Wildman–Crippen MR) is 121 cm³/mol. The third-order valence-electron chi connectivity index (χ3n) is 5.59. The van der Waals surface area contributed by atoms with Gasteiger partial charge in [0, 0.05) is 16.1 Å². The first-order chi connectivity index (χ1) is 14.9. The number of pyridine rings is 1. The number of halogens is 2. The Morgan fingerprint density at radius 3 is 2.71 bits per heavy atom. The summed E-state index contributed by atoms with van der Waals surface area (Å²) < 4.78 is 14.6. The summed E-state index contributed by atoms with van der Waals surface area (Å²) in [6.45, 7) is 0. The van der Waals surface area contributed by atoms with Gasteiger partial charge >= 0.3 is 5.97 Å². The van der Waals surface area contributed by atoms with Crippen LogP contribution in [0.1, 0.15) is 25.7 Å². The molecule has 0 radical (unpaired) electrons. The summed E-state index contributed by atoms with van der Waals surface area (Å²) >= 11 is 3.43. The first-order valence-electron chi connectivity index (χ1n) is 10.2. The Hall–Kier alpha value is -2.93. The quantitative estimate of drug-likeness (QED) is 0.408. The summed E-state index contributed by atoms with van der Waals surface area (Å²) in [5.41, 5.74) is 2.52. The molecule has 0 saturated heterocycles. The molecule has 2 unspecified atom stereocenters. The molecule has 0 spiro atoms. The van der Waals surface area contributed by atoms with Crippen molar-refractivity contribution in [3.05, 3.63) is 64.9 Å². The van der Waals surface area contributed by atoms with Crippen LogP contribution in [0.5, 0.6) is 5.75 Å². The number of aromatic nitrogens is 1. The molecule has 0 aliphatic heterocycles. The molecule has 1 fully saturated rings. The van der Waals surface area contributed by atoms with Gasteiger partial charge in [-0.1, -0.05) is 34.5 Å². The first kappa shape index (κ1) is 21.3. The zero-order chi connectivity index (χ0) is 22.0. The second-order valence-electron chi connectivity index (χ2n) is 7.84. The van der Waals surface area contributed by atoms with Gasteiger partial charge in [-0.05, 0) is 72.9 Å². The van der Waals surface area contributed by atoms with Crippen LogP contribution in [0.25, 0.3) is 22.4 Å². The van der Waals surface area contributed by atoms with Gasteiger partial charge in [0.2, 0.25) is 0 Å². The lowest BCUT2D eigenvalue weighted by Gasteiger charge is -2.28. The minimum atomic E-state index is -0.771. The van der Waals surface area contributed by atoms with Crippen molar-refractivity contribution in [1.82, 2.24) is 4.98 Å². The minimum absolute atomic E-state index is 0.0194. The van der Waals surface area contributed by atoms with Crippen LogP contribution in [0.15, 0.2) is 59.1 Å². The maximum atomic E-state index is 13.9. The molecule has 0 amide bonds. The SMILES string of the molecule is O=C(O)C1CCCC(Nc2cc(-c3cccc(F)c3)cc(-c3cc(Br)ccc3O)n2)C1. The average Bonchev–Trinajstić information content (AvgIpc) is 2.75. The smallest absolute Gasteiger partial charge is 0.306 e. The van der Waals surface area contributed by atoms with E-state index in [9.17, 15) is 19.4 Å². The number of benzene rings is 2. The number of hydrogen-bond donors (Lipinski definition) is 3. The van der Waals surface area contributed by atoms with E-state index in [2.05, 4.69) is 26.2 Å². The third-order valence-corrected chi connectivity index (χ3v) is 6.09. The number of nitrogens with one attached hydrogen (secondary N) is 1. The fraction of sp³-hybridized carbons (Fsp3) is 0.250. The topological polar surface area (TPSA) is 82.5 Å². The number of aromatic hydroxyl groups is 1. The molecule has 2 atom stereocenters. The molecule has 3 N–H and O–H groups in total. The molecule has 0 bridgehead atoms. The van der Waals surface area contributed by atoms with Crippen molar-refractivity contribution < 1.29 is 19.4 Å². The van der Waals surface area contributed by atoms with Crippen LogP contribution in [0.4, 0.5) is 10.2 Å². The first-order valence-corrected chi connectivity index (χ1v) is 10.9. The molecule has 1 aliphatic carbocycles. The molecule has 3 aromatic rings. The number of phenols is 1. The zero-order valence-electron chi connectivity index (χ0n) is 16.7. The fourth-order valence-corrected chi connectivity index (χ4v) is 4.41. The van der Waals surface area contributed by atoms with E-state index >= 15 is 0 Å². The van der Waals surface area contributed by atoms with Crippen LogP contribution in [0.3, 0.4) is 0 Å². The largest absolute Gasteiger partial charge is 0.507 e. The van der Waals surface area contributed by atoms with Gasteiger partial charge in [-0.2, -0.15) is 0 Å². The van der Waals surface area contributed by atoms with E-state index in [1.165, 1.54) is 12.1 Å². The highest BCUT2D eigenvalue weighted by atomic mass is 79.9. The van der Waals surface area contributed by atoms with Gasteiger partial charge in [0.25, 0.3) is 0 Å². The molecule has 1 saturated carbocycles. The van der Waals surface area contributed by atoms with Gasteiger partial charge in [-0.15, -0.1) is 0 Å². The van der Waals surface area contributed by atoms with Crippen molar-refractivity contribution in [2.75, 3.05) is 5.32 Å². The number of aliphatic carboxylic acids is 1. The molecule has 5 nitrogen and oxygen atoms in total. The summed E-state index contributed by atoms with van der Waals surface area (Å²) in [6.07, 6.45) is 2.89. The van der Waals surface area contributed by atoms with Gasteiger partial charge < -0.3 is 15.5 Å². The van der Waals surface area contributed by atoms with Crippen molar-refractivity contribution in [2.24, 2.45) is 5.92 Å². The summed E-state index contributed by atoms with van der Waals surface area (Å²) in [6, 6.07) is 15.0. The molecule has 1 heterocycles. The van der Waals surface area contributed by atoms with Gasteiger partial charge in [0.05, 0.1) is 11.6 Å². The fourth-order valence-electron chi connectivity index (χ4n) is 4.04. The second kappa shape index (κ2) is 9.06. The van der Waals surface area contributed by atoms with E-state index in [0.29, 0.717) is 35.5 Å². The Labute approximate surface area is 188 Å². The molecule has 2 aromatic carbocycles. The summed E-state index contributed by atoms with van der Waals surface area (Å²) in [7, 11) is 0. The number of rotatable bonds is 5. The summed E-state index contributed by atoms with van der Waals surface area (Å²) in [5, 5.41) is 23.1.